The number of aromatic nitrogens is 1. The van der Waals surface area contributed by atoms with Gasteiger partial charge in [0.05, 0.1) is 5.69 Å². The molecule has 1 aromatic heterocycles. The van der Waals surface area contributed by atoms with Gasteiger partial charge in [-0.1, -0.05) is 30.3 Å². The van der Waals surface area contributed by atoms with E-state index in [0.717, 1.165) is 35.2 Å². The Morgan fingerprint density at radius 2 is 1.97 bits per heavy atom. The van der Waals surface area contributed by atoms with Gasteiger partial charge in [0.15, 0.2) is 5.58 Å². The van der Waals surface area contributed by atoms with Gasteiger partial charge in [0.1, 0.15) is 23.2 Å². The van der Waals surface area contributed by atoms with Crippen molar-refractivity contribution in [2.24, 2.45) is 0 Å². The minimum atomic E-state index is -0.820. The Labute approximate surface area is 183 Å². The highest BCUT2D eigenvalue weighted by molar-refractivity contribution is 5.90. The van der Waals surface area contributed by atoms with Crippen molar-refractivity contribution < 1.29 is 18.0 Å². The maximum atomic E-state index is 14.0. The molecule has 2 heterocycles. The van der Waals surface area contributed by atoms with E-state index >= 15 is 0 Å². The summed E-state index contributed by atoms with van der Waals surface area (Å²) in [6, 6.07) is 16.2. The highest BCUT2D eigenvalue weighted by Crippen LogP contribution is 2.35. The Balaban J connectivity index is 1.41. The molecule has 7 heteroatoms. The monoisotopic (exact) mass is 433 g/mol. The molecule has 0 bridgehead atoms. The molecule has 1 aliphatic heterocycles. The lowest BCUT2D eigenvalue weighted by Gasteiger charge is -2.22. The van der Waals surface area contributed by atoms with E-state index in [1.807, 2.05) is 30.3 Å². The predicted molar refractivity (Wildman–Crippen MR) is 118 cm³/mol. The molecule has 32 heavy (non-hydrogen) atoms. The standard InChI is InChI=1S/C25H21F2N3O2/c1-15-5-2-3-6-18(15)16-8-11-23-21(13-16)28-24(32-23)22-7-4-12-30(22)25(31)29-20-10-9-17(26)14-19(20)27/h2-3,5-6,8-11,13-14,22H,4,7,12H2,1H3,(H,29,31)/t22-/m0/s1. The largest absolute Gasteiger partial charge is 0.438 e. The van der Waals surface area contributed by atoms with Crippen LogP contribution in [0.4, 0.5) is 19.3 Å². The molecule has 4 aromatic rings. The van der Waals surface area contributed by atoms with Gasteiger partial charge in [-0.15, -0.1) is 0 Å². The average Bonchev–Trinajstić information content (AvgIpc) is 3.42. The summed E-state index contributed by atoms with van der Waals surface area (Å²) in [6.07, 6.45) is 1.47. The Bertz CT molecular complexity index is 1320. The van der Waals surface area contributed by atoms with Crippen LogP contribution in [0.25, 0.3) is 22.2 Å². The quantitative estimate of drug-likeness (QED) is 0.404. The number of nitrogens with zero attached hydrogens (tertiary/aromatic N) is 2. The molecule has 0 spiro atoms. The zero-order valence-corrected chi connectivity index (χ0v) is 17.4. The molecular formula is C25H21F2N3O2. The van der Waals surface area contributed by atoms with Crippen molar-refractivity contribution in [3.8, 4) is 11.1 Å². The molecule has 2 amide bonds. The normalized spacial score (nSPS) is 16.0. The first-order valence-corrected chi connectivity index (χ1v) is 10.5. The Hall–Kier alpha value is -3.74. The van der Waals surface area contributed by atoms with Gasteiger partial charge in [0.25, 0.3) is 0 Å². The molecule has 162 valence electrons. The van der Waals surface area contributed by atoms with Crippen LogP contribution in [0, 0.1) is 18.6 Å². The third kappa shape index (κ3) is 3.70. The van der Waals surface area contributed by atoms with E-state index in [-0.39, 0.29) is 11.7 Å². The van der Waals surface area contributed by atoms with Crippen molar-refractivity contribution in [1.82, 2.24) is 9.88 Å². The lowest BCUT2D eigenvalue weighted by atomic mass is 10.0. The van der Waals surface area contributed by atoms with Gasteiger partial charge in [0, 0.05) is 12.6 Å². The van der Waals surface area contributed by atoms with Gasteiger partial charge in [-0.3, -0.25) is 0 Å². The molecular weight excluding hydrogens is 412 g/mol. The van der Waals surface area contributed by atoms with Crippen LogP contribution in [0.15, 0.2) is 65.1 Å². The smallest absolute Gasteiger partial charge is 0.322 e. The fraction of sp³-hybridized carbons (Fsp3) is 0.200. The summed E-state index contributed by atoms with van der Waals surface area (Å²) in [7, 11) is 0. The molecule has 1 fully saturated rings. The molecule has 1 N–H and O–H groups in total. The summed E-state index contributed by atoms with van der Waals surface area (Å²) >= 11 is 0. The molecule has 1 atom stereocenters. The van der Waals surface area contributed by atoms with Gasteiger partial charge in [0.2, 0.25) is 5.89 Å². The molecule has 1 aliphatic rings. The van der Waals surface area contributed by atoms with Crippen molar-refractivity contribution in [3.05, 3.63) is 83.8 Å². The number of fused-ring (bicyclic) bond motifs is 1. The summed E-state index contributed by atoms with van der Waals surface area (Å²) in [6.45, 7) is 2.55. The number of amides is 2. The molecule has 3 aromatic carbocycles. The van der Waals surface area contributed by atoms with E-state index in [2.05, 4.69) is 29.4 Å². The van der Waals surface area contributed by atoms with E-state index in [1.165, 1.54) is 11.6 Å². The second kappa shape index (κ2) is 8.07. The van der Waals surface area contributed by atoms with Crippen LogP contribution in [-0.2, 0) is 0 Å². The van der Waals surface area contributed by atoms with Gasteiger partial charge >= 0.3 is 6.03 Å². The molecule has 0 saturated carbocycles. The number of hydrogen-bond donors (Lipinski definition) is 1. The number of anilines is 1. The lowest BCUT2D eigenvalue weighted by molar-refractivity contribution is 0.198. The number of benzene rings is 3. The van der Waals surface area contributed by atoms with E-state index in [1.54, 1.807) is 4.90 Å². The van der Waals surface area contributed by atoms with Crippen molar-refractivity contribution in [2.75, 3.05) is 11.9 Å². The predicted octanol–water partition coefficient (Wildman–Crippen LogP) is 6.45. The molecule has 5 rings (SSSR count). The summed E-state index contributed by atoms with van der Waals surface area (Å²) in [4.78, 5) is 19.1. The van der Waals surface area contributed by atoms with Gasteiger partial charge in [-0.25, -0.2) is 18.6 Å². The lowest BCUT2D eigenvalue weighted by Crippen LogP contribution is -2.34. The van der Waals surface area contributed by atoms with E-state index < -0.39 is 17.7 Å². The topological polar surface area (TPSA) is 58.4 Å². The van der Waals surface area contributed by atoms with Crippen LogP contribution in [0.5, 0.6) is 0 Å². The van der Waals surface area contributed by atoms with E-state index in [0.29, 0.717) is 24.4 Å². The van der Waals surface area contributed by atoms with Crippen molar-refractivity contribution in [3.63, 3.8) is 0 Å². The summed E-state index contributed by atoms with van der Waals surface area (Å²) in [5.74, 6) is -1.06. The number of aryl methyl sites for hydroxylation is 1. The highest BCUT2D eigenvalue weighted by atomic mass is 19.1. The van der Waals surface area contributed by atoms with Crippen LogP contribution in [0.1, 0.15) is 30.3 Å². The molecule has 0 aliphatic carbocycles. The van der Waals surface area contributed by atoms with Crippen LogP contribution in [0.2, 0.25) is 0 Å². The number of hydrogen-bond acceptors (Lipinski definition) is 3. The average molecular weight is 433 g/mol. The number of carbonyl (C=O) groups is 1. The minimum Gasteiger partial charge on any atom is -0.438 e. The number of halogens is 2. The SMILES string of the molecule is Cc1ccccc1-c1ccc2oc([C@@H]3CCCN3C(=O)Nc3ccc(F)cc3F)nc2c1. The fourth-order valence-electron chi connectivity index (χ4n) is 4.20. The zero-order valence-electron chi connectivity index (χ0n) is 17.4. The summed E-state index contributed by atoms with van der Waals surface area (Å²) in [5, 5.41) is 2.53. The number of carbonyl (C=O) groups excluding carboxylic acids is 1. The number of rotatable bonds is 3. The Kier molecular flexibility index (Phi) is 5.09. The van der Waals surface area contributed by atoms with Crippen LogP contribution in [-0.4, -0.2) is 22.5 Å². The second-order valence-corrected chi connectivity index (χ2v) is 7.96. The third-order valence-corrected chi connectivity index (χ3v) is 5.83. The number of urea groups is 1. The second-order valence-electron chi connectivity index (χ2n) is 7.96. The number of oxazole rings is 1. The summed E-state index contributed by atoms with van der Waals surface area (Å²) in [5.41, 5.74) is 4.64. The molecule has 1 saturated heterocycles. The van der Waals surface area contributed by atoms with E-state index in [9.17, 15) is 13.6 Å². The van der Waals surface area contributed by atoms with Gasteiger partial charge in [-0.2, -0.15) is 0 Å². The zero-order chi connectivity index (χ0) is 22.2. The maximum Gasteiger partial charge on any atom is 0.322 e. The molecule has 5 nitrogen and oxygen atoms in total. The summed E-state index contributed by atoms with van der Waals surface area (Å²) < 4.78 is 33.1. The van der Waals surface area contributed by atoms with E-state index in [4.69, 9.17) is 4.42 Å². The minimum absolute atomic E-state index is 0.0671. The van der Waals surface area contributed by atoms with Crippen molar-refractivity contribution >= 4 is 22.8 Å². The van der Waals surface area contributed by atoms with Crippen LogP contribution in [0.3, 0.4) is 0 Å². The Morgan fingerprint density at radius 1 is 1.12 bits per heavy atom. The van der Waals surface area contributed by atoms with Crippen LogP contribution >= 0.6 is 0 Å². The highest BCUT2D eigenvalue weighted by Gasteiger charge is 2.34. The molecule has 0 radical (unpaired) electrons. The first-order valence-electron chi connectivity index (χ1n) is 10.5. The number of likely N-dealkylation sites (tertiary alicyclic amines) is 1. The van der Waals surface area contributed by atoms with Crippen LogP contribution < -0.4 is 5.32 Å². The molecule has 0 unspecified atom stereocenters. The fourth-order valence-corrected chi connectivity index (χ4v) is 4.20. The van der Waals surface area contributed by atoms with Crippen molar-refractivity contribution in [2.45, 2.75) is 25.8 Å². The van der Waals surface area contributed by atoms with Gasteiger partial charge in [-0.05, 0) is 60.7 Å². The Morgan fingerprint density at radius 3 is 2.78 bits per heavy atom. The van der Waals surface area contributed by atoms with Gasteiger partial charge < -0.3 is 14.6 Å². The first kappa shape index (κ1) is 20.2. The number of nitrogens with one attached hydrogen (secondary N) is 1. The van der Waals surface area contributed by atoms with Crippen molar-refractivity contribution in [1.29, 1.82) is 0 Å². The third-order valence-electron chi connectivity index (χ3n) is 5.83. The first-order chi connectivity index (χ1) is 15.5. The maximum absolute atomic E-state index is 14.0.